The molecule has 0 spiro atoms. The van der Waals surface area contributed by atoms with Crippen molar-refractivity contribution >= 4 is 10.9 Å². The van der Waals surface area contributed by atoms with E-state index in [0.717, 1.165) is 37.4 Å². The van der Waals surface area contributed by atoms with Crippen LogP contribution in [0.2, 0.25) is 0 Å². The van der Waals surface area contributed by atoms with Crippen LogP contribution in [0.25, 0.3) is 10.9 Å². The second kappa shape index (κ2) is 5.92. The molecule has 0 N–H and O–H groups in total. The Morgan fingerprint density at radius 1 is 1.22 bits per heavy atom. The average Bonchev–Trinajstić information content (AvgIpc) is 3.40. The van der Waals surface area contributed by atoms with Gasteiger partial charge in [0, 0.05) is 43.3 Å². The molecule has 4 rings (SSSR count). The molecule has 1 saturated carbocycles. The van der Waals surface area contributed by atoms with Crippen molar-refractivity contribution in [2.45, 2.75) is 38.4 Å². The number of fused-ring (bicyclic) bond motifs is 1. The average molecular weight is 306 g/mol. The highest BCUT2D eigenvalue weighted by Crippen LogP contribution is 2.30. The Labute approximate surface area is 137 Å². The van der Waals surface area contributed by atoms with Crippen LogP contribution in [0, 0.1) is 18.3 Å². The van der Waals surface area contributed by atoms with E-state index in [0.29, 0.717) is 6.04 Å². The fraction of sp³-hybridized carbons (Fsp3) is 0.474. The molecule has 1 aromatic heterocycles. The fourth-order valence-corrected chi connectivity index (χ4v) is 3.59. The highest BCUT2D eigenvalue weighted by atomic mass is 15.3. The van der Waals surface area contributed by atoms with Crippen molar-refractivity contribution in [3.63, 3.8) is 0 Å². The Hall–Kier alpha value is -1.96. The monoisotopic (exact) mass is 306 g/mol. The molecule has 1 aliphatic heterocycles. The number of piperazine rings is 1. The number of aryl methyl sites for hydroxylation is 1. The van der Waals surface area contributed by atoms with Gasteiger partial charge in [-0.05, 0) is 43.5 Å². The van der Waals surface area contributed by atoms with E-state index in [1.807, 2.05) is 6.92 Å². The number of rotatable bonds is 3. The van der Waals surface area contributed by atoms with Crippen LogP contribution in [0.4, 0.5) is 0 Å². The zero-order chi connectivity index (χ0) is 15.8. The molecule has 0 radical (unpaired) electrons. The number of benzene rings is 1. The van der Waals surface area contributed by atoms with Crippen LogP contribution in [0.5, 0.6) is 0 Å². The molecule has 1 aromatic carbocycles. The van der Waals surface area contributed by atoms with Gasteiger partial charge in [0.2, 0.25) is 0 Å². The van der Waals surface area contributed by atoms with Crippen LogP contribution in [0.15, 0.2) is 30.3 Å². The predicted octanol–water partition coefficient (Wildman–Crippen LogP) is 2.72. The number of aromatic nitrogens is 1. The number of nitriles is 1. The molecule has 118 valence electrons. The summed E-state index contributed by atoms with van der Waals surface area (Å²) in [5.74, 6) is 0. The van der Waals surface area contributed by atoms with E-state index in [2.05, 4.69) is 51.2 Å². The van der Waals surface area contributed by atoms with E-state index in [9.17, 15) is 5.26 Å². The van der Waals surface area contributed by atoms with Crippen molar-refractivity contribution in [1.29, 1.82) is 5.26 Å². The Morgan fingerprint density at radius 3 is 2.87 bits per heavy atom. The molecule has 1 aliphatic carbocycles. The smallest absolute Gasteiger partial charge is 0.111 e. The van der Waals surface area contributed by atoms with Crippen molar-refractivity contribution in [3.05, 3.63) is 41.6 Å². The fourth-order valence-electron chi connectivity index (χ4n) is 3.59. The summed E-state index contributed by atoms with van der Waals surface area (Å²) in [5, 5.41) is 10.7. The highest BCUT2D eigenvalue weighted by Gasteiger charge is 2.37. The third-order valence-electron chi connectivity index (χ3n) is 4.97. The lowest BCUT2D eigenvalue weighted by atomic mass is 10.1. The zero-order valence-electron chi connectivity index (χ0n) is 13.6. The van der Waals surface area contributed by atoms with Crippen LogP contribution in [0.3, 0.4) is 0 Å². The van der Waals surface area contributed by atoms with Gasteiger partial charge in [0.25, 0.3) is 0 Å². The number of hydrogen-bond donors (Lipinski definition) is 0. The standard InChI is InChI=1S/C19H22N4/c1-14-2-4-16-10-15(3-7-19(16)21-14)12-22-8-9-23(17-5-6-17)18(11-20)13-22/h2-4,7,10,17-18H,5-6,8-9,12-13H2,1H3. The van der Waals surface area contributed by atoms with Gasteiger partial charge in [-0.2, -0.15) is 5.26 Å². The maximum atomic E-state index is 9.46. The maximum absolute atomic E-state index is 9.46. The molecule has 4 nitrogen and oxygen atoms in total. The van der Waals surface area contributed by atoms with Gasteiger partial charge in [0.15, 0.2) is 0 Å². The summed E-state index contributed by atoms with van der Waals surface area (Å²) in [4.78, 5) is 9.38. The van der Waals surface area contributed by atoms with Gasteiger partial charge in [-0.3, -0.25) is 14.8 Å². The van der Waals surface area contributed by atoms with Crippen molar-refractivity contribution in [2.24, 2.45) is 0 Å². The van der Waals surface area contributed by atoms with Crippen molar-refractivity contribution in [1.82, 2.24) is 14.8 Å². The van der Waals surface area contributed by atoms with E-state index in [1.165, 1.54) is 23.8 Å². The summed E-state index contributed by atoms with van der Waals surface area (Å²) in [6, 6.07) is 14.0. The summed E-state index contributed by atoms with van der Waals surface area (Å²) < 4.78 is 0. The largest absolute Gasteiger partial charge is 0.295 e. The molecular weight excluding hydrogens is 284 g/mol. The Bertz CT molecular complexity index is 760. The van der Waals surface area contributed by atoms with Crippen molar-refractivity contribution in [2.75, 3.05) is 19.6 Å². The van der Waals surface area contributed by atoms with Crippen LogP contribution in [-0.4, -0.2) is 46.5 Å². The predicted molar refractivity (Wildman–Crippen MR) is 90.9 cm³/mol. The number of hydrogen-bond acceptors (Lipinski definition) is 4. The van der Waals surface area contributed by atoms with E-state index in [-0.39, 0.29) is 6.04 Å². The second-order valence-electron chi connectivity index (χ2n) is 6.83. The lowest BCUT2D eigenvalue weighted by Crippen LogP contribution is -2.52. The molecule has 2 aromatic rings. The topological polar surface area (TPSA) is 43.2 Å². The first kappa shape index (κ1) is 14.6. The van der Waals surface area contributed by atoms with Crippen molar-refractivity contribution in [3.8, 4) is 6.07 Å². The van der Waals surface area contributed by atoms with Gasteiger partial charge >= 0.3 is 0 Å². The molecule has 0 bridgehead atoms. The second-order valence-corrected chi connectivity index (χ2v) is 6.83. The lowest BCUT2D eigenvalue weighted by molar-refractivity contribution is 0.0898. The molecule has 23 heavy (non-hydrogen) atoms. The minimum atomic E-state index is 0.0565. The van der Waals surface area contributed by atoms with Gasteiger partial charge in [0.1, 0.15) is 6.04 Å². The Balaban J connectivity index is 1.47. The molecule has 2 fully saturated rings. The van der Waals surface area contributed by atoms with E-state index < -0.39 is 0 Å². The molecule has 0 amide bonds. The van der Waals surface area contributed by atoms with Crippen molar-refractivity contribution < 1.29 is 0 Å². The molecule has 1 saturated heterocycles. The molecule has 2 aliphatic rings. The van der Waals surface area contributed by atoms with E-state index in [4.69, 9.17) is 0 Å². The van der Waals surface area contributed by atoms with Crippen LogP contribution in [-0.2, 0) is 6.54 Å². The Kier molecular flexibility index (Phi) is 3.76. The van der Waals surface area contributed by atoms with Gasteiger partial charge in [0.05, 0.1) is 11.6 Å². The molecule has 4 heteroatoms. The third kappa shape index (κ3) is 3.08. The number of nitrogens with zero attached hydrogens (tertiary/aromatic N) is 4. The summed E-state index contributed by atoms with van der Waals surface area (Å²) in [5.41, 5.74) is 3.42. The first-order valence-electron chi connectivity index (χ1n) is 8.47. The lowest BCUT2D eigenvalue weighted by Gasteiger charge is -2.38. The number of pyridine rings is 1. The van der Waals surface area contributed by atoms with Crippen LogP contribution >= 0.6 is 0 Å². The van der Waals surface area contributed by atoms with Crippen LogP contribution in [0.1, 0.15) is 24.1 Å². The van der Waals surface area contributed by atoms with Crippen LogP contribution < -0.4 is 0 Å². The normalized spacial score (nSPS) is 23.0. The van der Waals surface area contributed by atoms with E-state index >= 15 is 0 Å². The van der Waals surface area contributed by atoms with E-state index in [1.54, 1.807) is 0 Å². The first-order valence-corrected chi connectivity index (χ1v) is 8.47. The Morgan fingerprint density at radius 2 is 2.09 bits per heavy atom. The third-order valence-corrected chi connectivity index (χ3v) is 4.97. The first-order chi connectivity index (χ1) is 11.2. The highest BCUT2D eigenvalue weighted by molar-refractivity contribution is 5.79. The van der Waals surface area contributed by atoms with Gasteiger partial charge < -0.3 is 0 Å². The molecule has 1 atom stereocenters. The summed E-state index contributed by atoms with van der Waals surface area (Å²) in [7, 11) is 0. The summed E-state index contributed by atoms with van der Waals surface area (Å²) in [6.07, 6.45) is 2.55. The van der Waals surface area contributed by atoms with Gasteiger partial charge in [-0.25, -0.2) is 0 Å². The molecule has 2 heterocycles. The van der Waals surface area contributed by atoms with Gasteiger partial charge in [-0.15, -0.1) is 0 Å². The molecular formula is C19H22N4. The summed E-state index contributed by atoms with van der Waals surface area (Å²) in [6.45, 7) is 5.88. The minimum Gasteiger partial charge on any atom is -0.295 e. The quantitative estimate of drug-likeness (QED) is 0.874. The minimum absolute atomic E-state index is 0.0565. The summed E-state index contributed by atoms with van der Waals surface area (Å²) >= 11 is 0. The molecule has 1 unspecified atom stereocenters. The SMILES string of the molecule is Cc1ccc2cc(CN3CCN(C4CC4)C(C#N)C3)ccc2n1. The maximum Gasteiger partial charge on any atom is 0.111 e. The zero-order valence-corrected chi connectivity index (χ0v) is 13.6. The van der Waals surface area contributed by atoms with Gasteiger partial charge in [-0.1, -0.05) is 12.1 Å².